The number of aromatic hydroxyl groups is 1. The van der Waals surface area contributed by atoms with Crippen LogP contribution in [0.3, 0.4) is 0 Å². The quantitative estimate of drug-likeness (QED) is 0.114. The summed E-state index contributed by atoms with van der Waals surface area (Å²) in [5.74, 6) is -8.46. The minimum absolute atomic E-state index is 0.00339. The van der Waals surface area contributed by atoms with Gasteiger partial charge in [-0.3, -0.25) is 19.2 Å². The lowest BCUT2D eigenvalue weighted by Gasteiger charge is -2.45. The molecule has 1 saturated carbocycles. The number of rotatable bonds is 6. The Bertz CT molecular complexity index is 1960. The van der Waals surface area contributed by atoms with Gasteiger partial charge in [-0.2, -0.15) is 0 Å². The summed E-state index contributed by atoms with van der Waals surface area (Å²) >= 11 is 0. The first kappa shape index (κ1) is 30.1. The van der Waals surface area contributed by atoms with Gasteiger partial charge in [0, 0.05) is 29.7 Å². The van der Waals surface area contributed by atoms with Crippen LogP contribution in [0.1, 0.15) is 44.9 Å². The summed E-state index contributed by atoms with van der Waals surface area (Å²) in [6, 6.07) is 8.49. The number of Topliss-reactive ketones (excluding diaryl/α,β-unsaturated/α-hetero) is 2. The van der Waals surface area contributed by atoms with E-state index in [1.165, 1.54) is 49.7 Å². The van der Waals surface area contributed by atoms with Crippen molar-refractivity contribution in [2.45, 2.75) is 24.9 Å². The lowest BCUT2D eigenvalue weighted by atomic mass is 9.58. The predicted molar refractivity (Wildman–Crippen MR) is 156 cm³/mol. The van der Waals surface area contributed by atoms with Crippen molar-refractivity contribution in [3.63, 3.8) is 0 Å². The Morgan fingerprint density at radius 1 is 1.11 bits per heavy atom. The number of ether oxygens (including phenoxy) is 1. The number of aliphatic hydroxyl groups excluding tert-OH is 1. The number of phenols is 1. The summed E-state index contributed by atoms with van der Waals surface area (Å²) in [5, 5.41) is 42.7. The molecule has 15 heteroatoms. The summed E-state index contributed by atoms with van der Waals surface area (Å²) in [6.45, 7) is 0. The topological polar surface area (TPSA) is 249 Å². The number of allylic oxidation sites excluding steroid dienone is 1. The second kappa shape index (κ2) is 10.9. The van der Waals surface area contributed by atoms with E-state index in [1.807, 2.05) is 0 Å². The van der Waals surface area contributed by atoms with Crippen LogP contribution in [0.25, 0.3) is 16.9 Å². The first-order valence-corrected chi connectivity index (χ1v) is 13.8. The molecule has 2 amide bonds. The fraction of sp³-hybridized carbons (Fsp3) is 0.226. The number of carbonyl (C=O) groups is 5. The van der Waals surface area contributed by atoms with Gasteiger partial charge in [0.05, 0.1) is 24.4 Å². The molecule has 1 heterocycles. The highest BCUT2D eigenvalue weighted by atomic mass is 16.5. The Morgan fingerprint density at radius 3 is 2.52 bits per heavy atom. The van der Waals surface area contributed by atoms with Crippen molar-refractivity contribution in [1.82, 2.24) is 5.16 Å². The highest BCUT2D eigenvalue weighted by Crippen LogP contribution is 2.52. The number of nitrogens with zero attached hydrogens (tertiary/aromatic N) is 2. The number of hydrogen-bond donors (Lipinski definition) is 5. The summed E-state index contributed by atoms with van der Waals surface area (Å²) in [5.41, 5.74) is 1.96. The molecule has 0 radical (unpaired) electrons. The minimum Gasteiger partial charge on any atom is -0.507 e. The number of benzene rings is 2. The van der Waals surface area contributed by atoms with Gasteiger partial charge in [0.25, 0.3) is 11.8 Å². The molecule has 2 aromatic carbocycles. The van der Waals surface area contributed by atoms with Crippen LogP contribution in [-0.4, -0.2) is 62.5 Å². The third kappa shape index (κ3) is 4.47. The van der Waals surface area contributed by atoms with Gasteiger partial charge in [0.15, 0.2) is 5.60 Å². The average Bonchev–Trinajstić information content (AvgIpc) is 3.57. The van der Waals surface area contributed by atoms with Gasteiger partial charge in [-0.05, 0) is 64.9 Å². The van der Waals surface area contributed by atoms with E-state index in [1.54, 1.807) is 0 Å². The molecule has 0 unspecified atom stereocenters. The molecule has 0 aliphatic heterocycles. The summed E-state index contributed by atoms with van der Waals surface area (Å²) in [6.07, 6.45) is 0.804. The third-order valence-electron chi connectivity index (χ3n) is 8.64. The Balaban J connectivity index is 1.48. The second-order valence-electron chi connectivity index (χ2n) is 11.1. The normalized spacial score (nSPS) is 22.0. The van der Waals surface area contributed by atoms with E-state index < -0.39 is 76.0 Å². The average molecular weight is 629 g/mol. The fourth-order valence-corrected chi connectivity index (χ4v) is 6.59. The van der Waals surface area contributed by atoms with Crippen molar-refractivity contribution in [3.05, 3.63) is 86.8 Å². The first-order valence-electron chi connectivity index (χ1n) is 13.8. The fourth-order valence-electron chi connectivity index (χ4n) is 6.59. The zero-order valence-corrected chi connectivity index (χ0v) is 23.9. The maximum Gasteiger partial charge on any atom is 0.337 e. The molecule has 15 nitrogen and oxygen atoms in total. The zero-order chi connectivity index (χ0) is 33.1. The molecule has 3 atom stereocenters. The number of primary amides is 1. The number of nitroso groups, excluding NO2 is 1. The number of hydrogen-bond acceptors (Lipinski definition) is 13. The number of nitrogens with two attached hydrogens (primary N) is 1. The summed E-state index contributed by atoms with van der Waals surface area (Å²) in [4.78, 5) is 75.8. The van der Waals surface area contributed by atoms with Gasteiger partial charge in [-0.15, -0.1) is 4.91 Å². The van der Waals surface area contributed by atoms with Crippen LogP contribution in [0.5, 0.6) is 5.75 Å². The number of anilines is 1. The number of amides is 2. The number of methoxy groups -OCH3 is 1. The molecule has 6 N–H and O–H groups in total. The number of esters is 1. The highest BCUT2D eigenvalue weighted by molar-refractivity contribution is 6.32. The van der Waals surface area contributed by atoms with E-state index in [-0.39, 0.29) is 41.0 Å². The number of carbonyl (C=O) groups excluding carboxylic acids is 5. The number of ketones is 2. The van der Waals surface area contributed by atoms with Gasteiger partial charge < -0.3 is 35.6 Å². The molecular weight excluding hydrogens is 604 g/mol. The monoisotopic (exact) mass is 628 g/mol. The largest absolute Gasteiger partial charge is 0.507 e. The van der Waals surface area contributed by atoms with E-state index >= 15 is 0 Å². The second-order valence-corrected chi connectivity index (χ2v) is 11.1. The Kier molecular flexibility index (Phi) is 7.12. The maximum absolute atomic E-state index is 13.8. The lowest BCUT2D eigenvalue weighted by molar-refractivity contribution is -0.157. The van der Waals surface area contributed by atoms with Crippen molar-refractivity contribution in [1.29, 1.82) is 0 Å². The third-order valence-corrected chi connectivity index (χ3v) is 8.64. The van der Waals surface area contributed by atoms with Crippen molar-refractivity contribution >= 4 is 40.8 Å². The standard InChI is InChI=1S/C31H24N4O11/c1-45-30(42)14-6-12(8-16(9-14)34-29(41)21-4-5-33-46-21)17-2-3-20(36)23-18(17)10-13-7-15-11-19(35-44)24(28(32)40)27(39)31(15,43)26(38)22(13)25(23)37/h2-6,8-9,13,15,36-37,43H,7,10-11H2,1H3,(H2,32,40)(H,34,41)/t13-,15+,31+/m1/s1. The number of aliphatic hydroxyl groups is 2. The molecule has 46 heavy (non-hydrogen) atoms. The van der Waals surface area contributed by atoms with Crippen LogP contribution in [0.2, 0.25) is 0 Å². The van der Waals surface area contributed by atoms with Crippen LogP contribution in [-0.2, 0) is 25.5 Å². The highest BCUT2D eigenvalue weighted by Gasteiger charge is 2.61. The van der Waals surface area contributed by atoms with Crippen molar-refractivity contribution in [2.75, 3.05) is 12.4 Å². The Labute approximate surface area is 258 Å². The van der Waals surface area contributed by atoms with E-state index in [2.05, 4.69) is 15.7 Å². The van der Waals surface area contributed by atoms with Gasteiger partial charge in [0.2, 0.25) is 17.3 Å². The lowest BCUT2D eigenvalue weighted by Crippen LogP contribution is -2.61. The van der Waals surface area contributed by atoms with Gasteiger partial charge in [-0.25, -0.2) is 4.79 Å². The molecule has 234 valence electrons. The molecule has 1 aromatic heterocycles. The molecule has 0 bridgehead atoms. The van der Waals surface area contributed by atoms with Gasteiger partial charge in [0.1, 0.15) is 22.8 Å². The van der Waals surface area contributed by atoms with Crippen molar-refractivity contribution in [2.24, 2.45) is 22.7 Å². The van der Waals surface area contributed by atoms with Crippen molar-refractivity contribution < 1.29 is 48.6 Å². The molecule has 0 saturated heterocycles. The first-order chi connectivity index (χ1) is 21.9. The Hall–Kier alpha value is -5.96. The van der Waals surface area contributed by atoms with E-state index in [0.29, 0.717) is 16.7 Å². The van der Waals surface area contributed by atoms with Crippen molar-refractivity contribution in [3.8, 4) is 16.9 Å². The van der Waals surface area contributed by atoms with Crippen LogP contribution in [0, 0.1) is 16.7 Å². The number of fused-ring (bicyclic) bond motifs is 3. The molecule has 3 aromatic rings. The number of aromatic nitrogens is 1. The molecule has 6 rings (SSSR count). The molecule has 1 fully saturated rings. The van der Waals surface area contributed by atoms with Gasteiger partial charge in [-0.1, -0.05) is 11.2 Å². The number of phenolic OH excluding ortho intramolecular Hbond substituents is 1. The molecule has 3 aliphatic carbocycles. The smallest absolute Gasteiger partial charge is 0.337 e. The van der Waals surface area contributed by atoms with E-state index in [0.717, 1.165) is 0 Å². The van der Waals surface area contributed by atoms with Crippen LogP contribution in [0.15, 0.2) is 69.1 Å². The maximum atomic E-state index is 13.8. The van der Waals surface area contributed by atoms with Crippen LogP contribution in [0.4, 0.5) is 5.69 Å². The van der Waals surface area contributed by atoms with E-state index in [4.69, 9.17) is 15.0 Å². The zero-order valence-electron chi connectivity index (χ0n) is 23.9. The van der Waals surface area contributed by atoms with Crippen LogP contribution >= 0.6 is 0 Å². The number of nitrogens with one attached hydrogen (secondary N) is 1. The summed E-state index contributed by atoms with van der Waals surface area (Å²) < 4.78 is 9.77. The predicted octanol–water partition coefficient (Wildman–Crippen LogP) is 2.33. The molecule has 0 spiro atoms. The SMILES string of the molecule is COC(=O)c1cc(NC(=O)c2ccno2)cc(-c2ccc(O)c3c2C[C@H]2C[C@H]4CC(N=O)=C(C(N)=O)C(=O)[C@@]4(O)C(=O)C2=C3O)c1. The summed E-state index contributed by atoms with van der Waals surface area (Å²) in [7, 11) is 1.18. The minimum atomic E-state index is -2.80. The molecular formula is C31H24N4O11. The van der Waals surface area contributed by atoms with Gasteiger partial charge >= 0.3 is 5.97 Å². The molecule has 3 aliphatic rings. The van der Waals surface area contributed by atoms with Crippen LogP contribution < -0.4 is 11.1 Å². The van der Waals surface area contributed by atoms with E-state index in [9.17, 15) is 44.2 Å². The Morgan fingerprint density at radius 2 is 1.87 bits per heavy atom.